The molecule has 94 valence electrons. The average Bonchev–Trinajstić information content (AvgIpc) is 2.79. The molecule has 0 radical (unpaired) electrons. The molecular weight excluding hydrogens is 214 g/mol. The predicted molar refractivity (Wildman–Crippen MR) is 68.8 cm³/mol. The first-order valence-electron chi connectivity index (χ1n) is 5.91. The van der Waals surface area contributed by atoms with Crippen LogP contribution < -0.4 is 15.2 Å². The van der Waals surface area contributed by atoms with Crippen molar-refractivity contribution >= 4 is 0 Å². The van der Waals surface area contributed by atoms with Gasteiger partial charge in [0.15, 0.2) is 0 Å². The monoisotopic (exact) mass is 235 g/mol. The fourth-order valence-corrected chi connectivity index (χ4v) is 2.60. The summed E-state index contributed by atoms with van der Waals surface area (Å²) in [4.78, 5) is 0. The summed E-state index contributed by atoms with van der Waals surface area (Å²) in [7, 11) is 3.37. The largest absolute Gasteiger partial charge is 0.496 e. The number of benzene rings is 1. The minimum atomic E-state index is 0.172. The maximum Gasteiger partial charge on any atom is 0.125 e. The summed E-state index contributed by atoms with van der Waals surface area (Å²) < 4.78 is 10.8. The third-order valence-corrected chi connectivity index (χ3v) is 4.04. The first-order valence-corrected chi connectivity index (χ1v) is 5.91. The van der Waals surface area contributed by atoms with Gasteiger partial charge in [0.25, 0.3) is 0 Å². The van der Waals surface area contributed by atoms with Crippen LogP contribution in [-0.2, 0) is 0 Å². The molecule has 0 heterocycles. The maximum atomic E-state index is 6.12. The van der Waals surface area contributed by atoms with Crippen molar-refractivity contribution in [3.05, 3.63) is 23.3 Å². The van der Waals surface area contributed by atoms with E-state index < -0.39 is 0 Å². The van der Waals surface area contributed by atoms with Gasteiger partial charge in [-0.05, 0) is 30.0 Å². The van der Waals surface area contributed by atoms with Crippen LogP contribution in [0.4, 0.5) is 0 Å². The molecule has 2 rings (SSSR count). The SMILES string of the molecule is COc1cc(C2C(N)C2(C)C)cc(OC)c1C. The highest BCUT2D eigenvalue weighted by Crippen LogP contribution is 2.58. The van der Waals surface area contributed by atoms with E-state index in [1.807, 2.05) is 6.92 Å². The third-order valence-electron chi connectivity index (χ3n) is 4.04. The quantitative estimate of drug-likeness (QED) is 0.875. The number of methoxy groups -OCH3 is 2. The minimum Gasteiger partial charge on any atom is -0.496 e. The highest BCUT2D eigenvalue weighted by atomic mass is 16.5. The van der Waals surface area contributed by atoms with Crippen LogP contribution in [-0.4, -0.2) is 20.3 Å². The second-order valence-corrected chi connectivity index (χ2v) is 5.38. The van der Waals surface area contributed by atoms with E-state index in [0.717, 1.165) is 17.1 Å². The van der Waals surface area contributed by atoms with Crippen LogP contribution in [0, 0.1) is 12.3 Å². The van der Waals surface area contributed by atoms with Crippen molar-refractivity contribution in [2.24, 2.45) is 11.1 Å². The molecule has 1 aliphatic rings. The van der Waals surface area contributed by atoms with Gasteiger partial charge in [0.05, 0.1) is 14.2 Å². The first-order chi connectivity index (χ1) is 7.93. The van der Waals surface area contributed by atoms with E-state index in [4.69, 9.17) is 15.2 Å². The summed E-state index contributed by atoms with van der Waals surface area (Å²) >= 11 is 0. The van der Waals surface area contributed by atoms with Crippen molar-refractivity contribution < 1.29 is 9.47 Å². The molecule has 2 N–H and O–H groups in total. The van der Waals surface area contributed by atoms with Crippen molar-refractivity contribution in [2.45, 2.75) is 32.7 Å². The summed E-state index contributed by atoms with van der Waals surface area (Å²) in [5.41, 5.74) is 8.53. The molecular formula is C14H21NO2. The molecule has 0 bridgehead atoms. The molecule has 0 aromatic heterocycles. The van der Waals surface area contributed by atoms with Crippen LogP contribution in [0.2, 0.25) is 0 Å². The molecule has 1 saturated carbocycles. The summed E-state index contributed by atoms with van der Waals surface area (Å²) in [5.74, 6) is 2.13. The molecule has 3 nitrogen and oxygen atoms in total. The molecule has 3 heteroatoms. The molecule has 1 fully saturated rings. The van der Waals surface area contributed by atoms with Crippen molar-refractivity contribution in [2.75, 3.05) is 14.2 Å². The number of ether oxygens (including phenoxy) is 2. The first kappa shape index (κ1) is 12.2. The van der Waals surface area contributed by atoms with E-state index in [0.29, 0.717) is 5.92 Å². The lowest BCUT2D eigenvalue weighted by Gasteiger charge is -2.13. The van der Waals surface area contributed by atoms with E-state index in [9.17, 15) is 0 Å². The van der Waals surface area contributed by atoms with E-state index in [2.05, 4.69) is 26.0 Å². The van der Waals surface area contributed by atoms with Crippen molar-refractivity contribution in [1.29, 1.82) is 0 Å². The molecule has 1 aliphatic carbocycles. The van der Waals surface area contributed by atoms with Gasteiger partial charge in [-0.3, -0.25) is 0 Å². The van der Waals surface area contributed by atoms with Gasteiger partial charge < -0.3 is 15.2 Å². The fourth-order valence-electron chi connectivity index (χ4n) is 2.60. The zero-order valence-electron chi connectivity index (χ0n) is 11.2. The van der Waals surface area contributed by atoms with Crippen LogP contribution in [0.3, 0.4) is 0 Å². The van der Waals surface area contributed by atoms with Gasteiger partial charge in [-0.25, -0.2) is 0 Å². The Kier molecular flexibility index (Phi) is 2.82. The molecule has 2 atom stereocenters. The Bertz CT molecular complexity index is 415. The van der Waals surface area contributed by atoms with E-state index in [-0.39, 0.29) is 11.5 Å². The predicted octanol–water partition coefficient (Wildman–Crippen LogP) is 2.46. The zero-order chi connectivity index (χ0) is 12.8. The molecule has 0 saturated heterocycles. The topological polar surface area (TPSA) is 44.5 Å². The summed E-state index contributed by atoms with van der Waals surface area (Å²) in [6, 6.07) is 4.38. The Hall–Kier alpha value is -1.22. The van der Waals surface area contributed by atoms with Crippen LogP contribution in [0.1, 0.15) is 30.9 Å². The van der Waals surface area contributed by atoms with Crippen molar-refractivity contribution in [1.82, 2.24) is 0 Å². The molecule has 17 heavy (non-hydrogen) atoms. The highest BCUT2D eigenvalue weighted by Gasteiger charge is 2.56. The standard InChI is InChI=1S/C14H21NO2/c1-8-10(16-4)6-9(7-11(8)17-5)12-13(15)14(12,2)3/h6-7,12-13H,15H2,1-5H3. The normalized spacial score (nSPS) is 25.5. The molecule has 0 aliphatic heterocycles. The van der Waals surface area contributed by atoms with Gasteiger partial charge >= 0.3 is 0 Å². The third kappa shape index (κ3) is 1.78. The van der Waals surface area contributed by atoms with Crippen LogP contribution >= 0.6 is 0 Å². The number of rotatable bonds is 3. The highest BCUT2D eigenvalue weighted by molar-refractivity contribution is 5.50. The van der Waals surface area contributed by atoms with Gasteiger partial charge in [0.2, 0.25) is 0 Å². The van der Waals surface area contributed by atoms with Gasteiger partial charge in [0.1, 0.15) is 11.5 Å². The molecule has 1 aromatic rings. The van der Waals surface area contributed by atoms with Crippen molar-refractivity contribution in [3.8, 4) is 11.5 Å². The Morgan fingerprint density at radius 2 is 1.53 bits per heavy atom. The molecule has 2 unspecified atom stereocenters. The van der Waals surface area contributed by atoms with Gasteiger partial charge in [-0.1, -0.05) is 13.8 Å². The van der Waals surface area contributed by atoms with E-state index in [1.165, 1.54) is 5.56 Å². The Morgan fingerprint density at radius 1 is 1.12 bits per heavy atom. The lowest BCUT2D eigenvalue weighted by atomic mass is 10.0. The van der Waals surface area contributed by atoms with E-state index in [1.54, 1.807) is 14.2 Å². The van der Waals surface area contributed by atoms with Crippen LogP contribution in [0.5, 0.6) is 11.5 Å². The van der Waals surface area contributed by atoms with Gasteiger partial charge in [-0.15, -0.1) is 0 Å². The number of hydrogen-bond donors (Lipinski definition) is 1. The average molecular weight is 235 g/mol. The minimum absolute atomic E-state index is 0.172. The summed E-state index contributed by atoms with van der Waals surface area (Å²) in [6.45, 7) is 6.39. The van der Waals surface area contributed by atoms with Gasteiger partial charge in [-0.2, -0.15) is 0 Å². The molecule has 1 aromatic carbocycles. The summed E-state index contributed by atoms with van der Waals surface area (Å²) in [5, 5.41) is 0. The lowest BCUT2D eigenvalue weighted by Crippen LogP contribution is -2.06. The Balaban J connectivity index is 2.43. The Morgan fingerprint density at radius 3 is 1.82 bits per heavy atom. The fraction of sp³-hybridized carbons (Fsp3) is 0.571. The van der Waals surface area contributed by atoms with Crippen LogP contribution in [0.25, 0.3) is 0 Å². The lowest BCUT2D eigenvalue weighted by molar-refractivity contribution is 0.387. The second kappa shape index (κ2) is 3.91. The maximum absolute atomic E-state index is 6.12. The number of nitrogens with two attached hydrogens (primary N) is 1. The zero-order valence-corrected chi connectivity index (χ0v) is 11.2. The Labute approximate surface area is 103 Å². The smallest absolute Gasteiger partial charge is 0.125 e. The molecule has 0 spiro atoms. The van der Waals surface area contributed by atoms with Gasteiger partial charge in [0, 0.05) is 17.5 Å². The van der Waals surface area contributed by atoms with Crippen LogP contribution in [0.15, 0.2) is 12.1 Å². The summed E-state index contributed by atoms with van der Waals surface area (Å²) in [6.07, 6.45) is 0. The van der Waals surface area contributed by atoms with E-state index >= 15 is 0 Å². The second-order valence-electron chi connectivity index (χ2n) is 5.38. The number of hydrogen-bond acceptors (Lipinski definition) is 3. The molecule has 0 amide bonds. The van der Waals surface area contributed by atoms with Crippen molar-refractivity contribution in [3.63, 3.8) is 0 Å².